The predicted octanol–water partition coefficient (Wildman–Crippen LogP) is 1.27. The van der Waals surface area contributed by atoms with Crippen LogP contribution < -0.4 is 5.32 Å². The zero-order valence-corrected chi connectivity index (χ0v) is 7.98. The normalized spacial score (nSPS) is 9.91. The minimum Gasteiger partial charge on any atom is -0.336 e. The first kappa shape index (κ1) is 10.6. The maximum Gasteiger partial charge on any atom is 0.317 e. The van der Waals surface area contributed by atoms with Crippen molar-refractivity contribution in [2.24, 2.45) is 0 Å². The van der Waals surface area contributed by atoms with Gasteiger partial charge in [-0.1, -0.05) is 0 Å². The van der Waals surface area contributed by atoms with E-state index in [2.05, 4.69) is 5.32 Å². The van der Waals surface area contributed by atoms with E-state index in [1.165, 1.54) is 0 Å². The number of nitrogens with zero attached hydrogens (tertiary/aromatic N) is 1. The van der Waals surface area contributed by atoms with Gasteiger partial charge >= 0.3 is 6.03 Å². The Balaban J connectivity index is 3.64. The SMILES string of the molecule is CC(C)NC(=O)N(C)CCCl. The first-order chi connectivity index (χ1) is 5.07. The molecule has 4 heteroatoms. The zero-order chi connectivity index (χ0) is 8.85. The number of carbonyl (C=O) groups is 1. The lowest BCUT2D eigenvalue weighted by Gasteiger charge is -2.18. The standard InChI is InChI=1S/C7H15ClN2O/c1-6(2)9-7(11)10(3)5-4-8/h6H,4-5H2,1-3H3,(H,9,11). The molecule has 0 aromatic heterocycles. The van der Waals surface area contributed by atoms with Crippen LogP contribution in [0.25, 0.3) is 0 Å². The molecule has 0 fully saturated rings. The van der Waals surface area contributed by atoms with Crippen LogP contribution >= 0.6 is 11.6 Å². The summed E-state index contributed by atoms with van der Waals surface area (Å²) in [5.74, 6) is 0.474. The van der Waals surface area contributed by atoms with Crippen molar-refractivity contribution in [3.63, 3.8) is 0 Å². The molecule has 0 spiro atoms. The molecule has 11 heavy (non-hydrogen) atoms. The molecule has 0 rings (SSSR count). The Morgan fingerprint density at radius 1 is 1.64 bits per heavy atom. The second-order valence-electron chi connectivity index (χ2n) is 2.71. The van der Waals surface area contributed by atoms with Gasteiger partial charge in [0.2, 0.25) is 0 Å². The van der Waals surface area contributed by atoms with Crippen molar-refractivity contribution in [2.75, 3.05) is 19.5 Å². The van der Waals surface area contributed by atoms with Gasteiger partial charge < -0.3 is 10.2 Å². The Labute approximate surface area is 72.7 Å². The monoisotopic (exact) mass is 178 g/mol. The smallest absolute Gasteiger partial charge is 0.317 e. The van der Waals surface area contributed by atoms with Gasteiger partial charge in [-0.25, -0.2) is 4.79 Å². The van der Waals surface area contributed by atoms with Crippen molar-refractivity contribution >= 4 is 17.6 Å². The Morgan fingerprint density at radius 3 is 2.55 bits per heavy atom. The van der Waals surface area contributed by atoms with E-state index in [0.717, 1.165) is 0 Å². The molecular formula is C7H15ClN2O. The lowest BCUT2D eigenvalue weighted by molar-refractivity contribution is 0.208. The van der Waals surface area contributed by atoms with Gasteiger partial charge in [-0.3, -0.25) is 0 Å². The second-order valence-corrected chi connectivity index (χ2v) is 3.09. The molecule has 0 radical (unpaired) electrons. The topological polar surface area (TPSA) is 32.3 Å². The van der Waals surface area contributed by atoms with E-state index in [9.17, 15) is 4.79 Å². The van der Waals surface area contributed by atoms with Crippen LogP contribution in [0, 0.1) is 0 Å². The predicted molar refractivity (Wildman–Crippen MR) is 47.0 cm³/mol. The lowest BCUT2D eigenvalue weighted by atomic mass is 10.4. The average molecular weight is 179 g/mol. The molecule has 0 aliphatic carbocycles. The Morgan fingerprint density at radius 2 is 2.18 bits per heavy atom. The molecular weight excluding hydrogens is 164 g/mol. The average Bonchev–Trinajstić information content (AvgIpc) is 1.86. The molecule has 0 saturated carbocycles. The van der Waals surface area contributed by atoms with Crippen molar-refractivity contribution < 1.29 is 4.79 Å². The van der Waals surface area contributed by atoms with Gasteiger partial charge in [-0.15, -0.1) is 11.6 Å². The molecule has 0 aromatic carbocycles. The van der Waals surface area contributed by atoms with Crippen LogP contribution in [0.2, 0.25) is 0 Å². The summed E-state index contributed by atoms with van der Waals surface area (Å²) in [6.07, 6.45) is 0. The molecule has 0 unspecified atom stereocenters. The Bertz CT molecular complexity index is 128. The zero-order valence-electron chi connectivity index (χ0n) is 7.22. The minimum absolute atomic E-state index is 0.0688. The van der Waals surface area contributed by atoms with Crippen LogP contribution in [0.15, 0.2) is 0 Å². The highest BCUT2D eigenvalue weighted by Gasteiger charge is 2.07. The largest absolute Gasteiger partial charge is 0.336 e. The fraction of sp³-hybridized carbons (Fsp3) is 0.857. The quantitative estimate of drug-likeness (QED) is 0.649. The number of rotatable bonds is 3. The van der Waals surface area contributed by atoms with Crippen molar-refractivity contribution in [1.29, 1.82) is 0 Å². The van der Waals surface area contributed by atoms with Crippen molar-refractivity contribution in [1.82, 2.24) is 10.2 Å². The molecule has 0 aromatic rings. The summed E-state index contributed by atoms with van der Waals surface area (Å²) in [4.78, 5) is 12.7. The number of amides is 2. The maximum atomic E-state index is 11.1. The van der Waals surface area contributed by atoms with Crippen LogP contribution in [0.1, 0.15) is 13.8 Å². The highest BCUT2D eigenvalue weighted by molar-refractivity contribution is 6.18. The van der Waals surface area contributed by atoms with Gasteiger partial charge in [0, 0.05) is 25.5 Å². The van der Waals surface area contributed by atoms with Gasteiger partial charge in [0.15, 0.2) is 0 Å². The third-order valence-electron chi connectivity index (χ3n) is 1.18. The number of nitrogens with one attached hydrogen (secondary N) is 1. The third kappa shape index (κ3) is 4.90. The van der Waals surface area contributed by atoms with Crippen molar-refractivity contribution in [3.05, 3.63) is 0 Å². The first-order valence-electron chi connectivity index (χ1n) is 3.65. The van der Waals surface area contributed by atoms with E-state index in [1.807, 2.05) is 13.8 Å². The van der Waals surface area contributed by atoms with Crippen LogP contribution in [-0.4, -0.2) is 36.4 Å². The van der Waals surface area contributed by atoms with Crippen LogP contribution in [0.4, 0.5) is 4.79 Å². The summed E-state index contributed by atoms with van der Waals surface area (Å²) >= 11 is 5.46. The van der Waals surface area contributed by atoms with Crippen molar-refractivity contribution in [3.8, 4) is 0 Å². The van der Waals surface area contributed by atoms with Crippen molar-refractivity contribution in [2.45, 2.75) is 19.9 Å². The minimum atomic E-state index is -0.0688. The maximum absolute atomic E-state index is 11.1. The molecule has 0 bridgehead atoms. The molecule has 0 aliphatic rings. The van der Waals surface area contributed by atoms with Gasteiger partial charge in [0.25, 0.3) is 0 Å². The summed E-state index contributed by atoms with van der Waals surface area (Å²) in [6, 6.07) is 0.112. The summed E-state index contributed by atoms with van der Waals surface area (Å²) < 4.78 is 0. The fourth-order valence-electron chi connectivity index (χ4n) is 0.585. The van der Waals surface area contributed by atoms with Crippen LogP contribution in [0.5, 0.6) is 0 Å². The number of hydrogen-bond donors (Lipinski definition) is 1. The Kier molecular flexibility index (Phi) is 5.03. The summed E-state index contributed by atoms with van der Waals surface area (Å²) in [5, 5.41) is 2.76. The second kappa shape index (κ2) is 5.24. The summed E-state index contributed by atoms with van der Waals surface area (Å²) in [6.45, 7) is 4.43. The van der Waals surface area contributed by atoms with E-state index in [1.54, 1.807) is 11.9 Å². The number of halogens is 1. The van der Waals surface area contributed by atoms with E-state index in [0.29, 0.717) is 12.4 Å². The van der Waals surface area contributed by atoms with Gasteiger partial charge in [-0.05, 0) is 13.8 Å². The van der Waals surface area contributed by atoms with Gasteiger partial charge in [-0.2, -0.15) is 0 Å². The molecule has 2 amide bonds. The summed E-state index contributed by atoms with van der Waals surface area (Å²) in [7, 11) is 1.72. The lowest BCUT2D eigenvalue weighted by Crippen LogP contribution is -2.41. The molecule has 0 aliphatic heterocycles. The fourth-order valence-corrected chi connectivity index (χ4v) is 0.839. The summed E-state index contributed by atoms with van der Waals surface area (Å²) in [5.41, 5.74) is 0. The van der Waals surface area contributed by atoms with E-state index in [4.69, 9.17) is 11.6 Å². The molecule has 0 atom stereocenters. The number of alkyl halides is 1. The van der Waals surface area contributed by atoms with Crippen LogP contribution in [-0.2, 0) is 0 Å². The van der Waals surface area contributed by atoms with E-state index in [-0.39, 0.29) is 12.1 Å². The number of carbonyl (C=O) groups excluding carboxylic acids is 1. The van der Waals surface area contributed by atoms with Crippen LogP contribution in [0.3, 0.4) is 0 Å². The Hall–Kier alpha value is -0.440. The highest BCUT2D eigenvalue weighted by Crippen LogP contribution is 1.87. The number of urea groups is 1. The molecule has 66 valence electrons. The third-order valence-corrected chi connectivity index (χ3v) is 1.35. The molecule has 0 heterocycles. The highest BCUT2D eigenvalue weighted by atomic mass is 35.5. The number of hydrogen-bond acceptors (Lipinski definition) is 1. The van der Waals surface area contributed by atoms with Gasteiger partial charge in [0.1, 0.15) is 0 Å². The molecule has 3 nitrogen and oxygen atoms in total. The molecule has 0 saturated heterocycles. The van der Waals surface area contributed by atoms with E-state index >= 15 is 0 Å². The van der Waals surface area contributed by atoms with E-state index < -0.39 is 0 Å². The molecule has 1 N–H and O–H groups in total. The first-order valence-corrected chi connectivity index (χ1v) is 4.19. The van der Waals surface area contributed by atoms with Gasteiger partial charge in [0.05, 0.1) is 0 Å².